The average molecular weight is 347 g/mol. The summed E-state index contributed by atoms with van der Waals surface area (Å²) in [7, 11) is 2.07. The molecule has 0 N–H and O–H groups in total. The van der Waals surface area contributed by atoms with Crippen LogP contribution in [0.3, 0.4) is 0 Å². The largest absolute Gasteiger partial charge is 0.339 e. The van der Waals surface area contributed by atoms with Crippen LogP contribution in [-0.2, 0) is 9.59 Å². The van der Waals surface area contributed by atoms with Crippen LogP contribution in [0.1, 0.15) is 23.4 Å². The standard InChI is InChI=1S/C18H25N3O2S/c1-13-4-6-15(7-5-13)18-21(17(23)14(2)24-18)12-16(22)20-10-8-19(3)9-11-20/h4-7,14,18H,8-12H2,1-3H3/t14-,18+/m1/s1. The van der Waals surface area contributed by atoms with Gasteiger partial charge in [0, 0.05) is 26.2 Å². The molecule has 5 nitrogen and oxygen atoms in total. The van der Waals surface area contributed by atoms with Gasteiger partial charge in [0.05, 0.1) is 5.25 Å². The zero-order valence-corrected chi connectivity index (χ0v) is 15.4. The molecule has 2 heterocycles. The minimum atomic E-state index is -0.100. The molecule has 0 unspecified atom stereocenters. The number of rotatable bonds is 3. The number of hydrogen-bond acceptors (Lipinski definition) is 4. The number of benzene rings is 1. The average Bonchev–Trinajstić information content (AvgIpc) is 2.84. The molecule has 6 heteroatoms. The van der Waals surface area contributed by atoms with Crippen molar-refractivity contribution >= 4 is 23.6 Å². The molecule has 24 heavy (non-hydrogen) atoms. The number of carbonyl (C=O) groups excluding carboxylic acids is 2. The van der Waals surface area contributed by atoms with Crippen LogP contribution in [0.4, 0.5) is 0 Å². The van der Waals surface area contributed by atoms with Crippen molar-refractivity contribution in [1.29, 1.82) is 0 Å². The van der Waals surface area contributed by atoms with Crippen LogP contribution in [0.15, 0.2) is 24.3 Å². The van der Waals surface area contributed by atoms with E-state index in [1.165, 1.54) is 5.56 Å². The quantitative estimate of drug-likeness (QED) is 0.835. The molecule has 0 spiro atoms. The van der Waals surface area contributed by atoms with E-state index in [1.54, 1.807) is 16.7 Å². The lowest BCUT2D eigenvalue weighted by Crippen LogP contribution is -2.50. The molecule has 0 aromatic heterocycles. The first-order valence-corrected chi connectivity index (χ1v) is 9.39. The lowest BCUT2D eigenvalue weighted by atomic mass is 10.1. The Morgan fingerprint density at radius 1 is 1.17 bits per heavy atom. The topological polar surface area (TPSA) is 43.9 Å². The van der Waals surface area contributed by atoms with Crippen molar-refractivity contribution in [3.05, 3.63) is 35.4 Å². The molecular formula is C18H25N3O2S. The Morgan fingerprint density at radius 3 is 2.42 bits per heavy atom. The maximum Gasteiger partial charge on any atom is 0.242 e. The van der Waals surface area contributed by atoms with Gasteiger partial charge < -0.3 is 14.7 Å². The Bertz CT molecular complexity index is 611. The minimum Gasteiger partial charge on any atom is -0.339 e. The molecule has 2 saturated heterocycles. The third kappa shape index (κ3) is 3.59. The van der Waals surface area contributed by atoms with Crippen molar-refractivity contribution in [2.24, 2.45) is 0 Å². The van der Waals surface area contributed by atoms with Crippen molar-refractivity contribution in [2.75, 3.05) is 39.8 Å². The number of aryl methyl sites for hydroxylation is 1. The Morgan fingerprint density at radius 2 is 1.79 bits per heavy atom. The molecule has 1 aromatic carbocycles. The SMILES string of the molecule is Cc1ccc([C@@H]2S[C@H](C)C(=O)N2CC(=O)N2CCN(C)CC2)cc1. The Kier molecular flexibility index (Phi) is 5.15. The van der Waals surface area contributed by atoms with Crippen LogP contribution in [0.5, 0.6) is 0 Å². The molecular weight excluding hydrogens is 322 g/mol. The van der Waals surface area contributed by atoms with Crippen molar-refractivity contribution in [1.82, 2.24) is 14.7 Å². The number of thioether (sulfide) groups is 1. The molecule has 2 amide bonds. The molecule has 0 radical (unpaired) electrons. The Hall–Kier alpha value is -1.53. The van der Waals surface area contributed by atoms with E-state index in [0.717, 1.165) is 31.7 Å². The summed E-state index contributed by atoms with van der Waals surface area (Å²) in [6.45, 7) is 7.43. The van der Waals surface area contributed by atoms with Gasteiger partial charge in [0.25, 0.3) is 0 Å². The van der Waals surface area contributed by atoms with Gasteiger partial charge in [0.2, 0.25) is 11.8 Å². The molecule has 1 aromatic rings. The molecule has 3 rings (SSSR count). The lowest BCUT2D eigenvalue weighted by Gasteiger charge is -2.34. The summed E-state index contributed by atoms with van der Waals surface area (Å²) in [6.07, 6.45) is 0. The Labute approximate surface area is 148 Å². The molecule has 2 atom stereocenters. The maximum absolute atomic E-state index is 12.6. The van der Waals surface area contributed by atoms with Crippen molar-refractivity contribution in [3.63, 3.8) is 0 Å². The molecule has 130 valence electrons. The number of carbonyl (C=O) groups is 2. The number of hydrogen-bond donors (Lipinski definition) is 0. The summed E-state index contributed by atoms with van der Waals surface area (Å²) in [4.78, 5) is 31.1. The van der Waals surface area contributed by atoms with Crippen LogP contribution in [0.2, 0.25) is 0 Å². The van der Waals surface area contributed by atoms with Crippen LogP contribution in [0, 0.1) is 6.92 Å². The second-order valence-corrected chi connectivity index (χ2v) is 8.12. The molecule has 2 aliphatic heterocycles. The predicted molar refractivity (Wildman–Crippen MR) is 96.8 cm³/mol. The third-order valence-corrected chi connectivity index (χ3v) is 6.17. The summed E-state index contributed by atoms with van der Waals surface area (Å²) >= 11 is 1.63. The first kappa shape index (κ1) is 17.3. The van der Waals surface area contributed by atoms with E-state index in [1.807, 2.05) is 18.7 Å². The molecule has 0 aliphatic carbocycles. The van der Waals surface area contributed by atoms with E-state index >= 15 is 0 Å². The van der Waals surface area contributed by atoms with E-state index in [9.17, 15) is 9.59 Å². The summed E-state index contributed by atoms with van der Waals surface area (Å²) < 4.78 is 0. The van der Waals surface area contributed by atoms with Crippen LogP contribution < -0.4 is 0 Å². The molecule has 0 saturated carbocycles. The second kappa shape index (κ2) is 7.15. The predicted octanol–water partition coefficient (Wildman–Crippen LogP) is 1.73. The highest BCUT2D eigenvalue weighted by Gasteiger charge is 2.40. The molecule has 2 aliphatic rings. The smallest absolute Gasteiger partial charge is 0.242 e. The van der Waals surface area contributed by atoms with Crippen LogP contribution in [0.25, 0.3) is 0 Å². The van der Waals surface area contributed by atoms with E-state index in [-0.39, 0.29) is 29.0 Å². The minimum absolute atomic E-state index is 0.0586. The normalized spacial score (nSPS) is 25.4. The summed E-state index contributed by atoms with van der Waals surface area (Å²) in [5, 5.41) is -0.166. The lowest BCUT2D eigenvalue weighted by molar-refractivity contribution is -0.140. The summed E-state index contributed by atoms with van der Waals surface area (Å²) in [5.41, 5.74) is 2.29. The second-order valence-electron chi connectivity index (χ2n) is 6.69. The molecule has 2 fully saturated rings. The number of nitrogens with zero attached hydrogens (tertiary/aromatic N) is 3. The zero-order valence-electron chi connectivity index (χ0n) is 14.6. The van der Waals surface area contributed by atoms with Gasteiger partial charge in [-0.1, -0.05) is 29.8 Å². The van der Waals surface area contributed by atoms with Gasteiger partial charge in [-0.25, -0.2) is 0 Å². The van der Waals surface area contributed by atoms with E-state index in [2.05, 4.69) is 36.2 Å². The Balaban J connectivity index is 1.72. The number of amides is 2. The van der Waals surface area contributed by atoms with E-state index in [0.29, 0.717) is 0 Å². The first-order chi connectivity index (χ1) is 11.5. The number of piperazine rings is 1. The zero-order chi connectivity index (χ0) is 17.3. The highest BCUT2D eigenvalue weighted by atomic mass is 32.2. The van der Waals surface area contributed by atoms with Gasteiger partial charge in [-0.15, -0.1) is 11.8 Å². The van der Waals surface area contributed by atoms with Gasteiger partial charge in [-0.2, -0.15) is 0 Å². The van der Waals surface area contributed by atoms with Gasteiger partial charge in [0.15, 0.2) is 0 Å². The van der Waals surface area contributed by atoms with Gasteiger partial charge in [-0.05, 0) is 26.5 Å². The highest BCUT2D eigenvalue weighted by molar-refractivity contribution is 8.01. The van der Waals surface area contributed by atoms with Crippen LogP contribution >= 0.6 is 11.8 Å². The maximum atomic E-state index is 12.6. The number of likely N-dealkylation sites (N-methyl/N-ethyl adjacent to an activating group) is 1. The first-order valence-electron chi connectivity index (χ1n) is 8.44. The van der Waals surface area contributed by atoms with Crippen LogP contribution in [-0.4, -0.2) is 71.5 Å². The van der Waals surface area contributed by atoms with Crippen molar-refractivity contribution in [2.45, 2.75) is 24.5 Å². The van der Waals surface area contributed by atoms with Gasteiger partial charge in [-0.3, -0.25) is 9.59 Å². The van der Waals surface area contributed by atoms with Gasteiger partial charge >= 0.3 is 0 Å². The monoisotopic (exact) mass is 347 g/mol. The van der Waals surface area contributed by atoms with Crippen molar-refractivity contribution < 1.29 is 9.59 Å². The third-order valence-electron chi connectivity index (χ3n) is 4.77. The fourth-order valence-corrected chi connectivity index (χ4v) is 4.40. The summed E-state index contributed by atoms with van der Waals surface area (Å²) in [5.74, 6) is 0.122. The fraction of sp³-hybridized carbons (Fsp3) is 0.556. The summed E-state index contributed by atoms with van der Waals surface area (Å²) in [6, 6.07) is 8.24. The molecule has 0 bridgehead atoms. The van der Waals surface area contributed by atoms with Gasteiger partial charge in [0.1, 0.15) is 11.9 Å². The fourth-order valence-electron chi connectivity index (χ4n) is 3.13. The van der Waals surface area contributed by atoms with E-state index in [4.69, 9.17) is 0 Å². The highest BCUT2D eigenvalue weighted by Crippen LogP contribution is 2.42. The van der Waals surface area contributed by atoms with E-state index < -0.39 is 0 Å². The van der Waals surface area contributed by atoms with Crippen molar-refractivity contribution in [3.8, 4) is 0 Å².